The molecule has 1 unspecified atom stereocenters. The molecule has 21 heavy (non-hydrogen) atoms. The predicted molar refractivity (Wildman–Crippen MR) is 82.5 cm³/mol. The fourth-order valence-electron chi connectivity index (χ4n) is 2.94. The van der Waals surface area contributed by atoms with Crippen LogP contribution >= 0.6 is 15.9 Å². The van der Waals surface area contributed by atoms with Gasteiger partial charge in [0.25, 0.3) is 0 Å². The van der Waals surface area contributed by atoms with Crippen LogP contribution in [0.5, 0.6) is 0 Å². The van der Waals surface area contributed by atoms with Gasteiger partial charge in [0, 0.05) is 17.1 Å². The third-order valence-electron chi connectivity index (χ3n) is 4.03. The number of halogens is 2. The lowest BCUT2D eigenvalue weighted by Gasteiger charge is -2.11. The van der Waals surface area contributed by atoms with Crippen molar-refractivity contribution < 1.29 is 9.50 Å². The van der Waals surface area contributed by atoms with Gasteiger partial charge >= 0.3 is 0 Å². The van der Waals surface area contributed by atoms with E-state index in [0.29, 0.717) is 22.5 Å². The molecule has 1 aromatic carbocycles. The summed E-state index contributed by atoms with van der Waals surface area (Å²) in [6, 6.07) is 6.92. The summed E-state index contributed by atoms with van der Waals surface area (Å²) in [7, 11) is 0. The van der Waals surface area contributed by atoms with Gasteiger partial charge in [-0.05, 0) is 42.7 Å². The lowest BCUT2D eigenvalue weighted by atomic mass is 10.1. The van der Waals surface area contributed by atoms with Crippen LogP contribution in [0.15, 0.2) is 34.9 Å². The predicted octanol–water partition coefficient (Wildman–Crippen LogP) is 4.18. The molecule has 0 saturated heterocycles. The molecule has 2 aromatic rings. The number of benzene rings is 1. The second-order valence-corrected chi connectivity index (χ2v) is 6.56. The minimum atomic E-state index is -0.746. The Morgan fingerprint density at radius 3 is 2.81 bits per heavy atom. The molecule has 0 spiro atoms. The van der Waals surface area contributed by atoms with E-state index in [1.807, 2.05) is 16.9 Å². The van der Waals surface area contributed by atoms with Crippen molar-refractivity contribution in [1.29, 1.82) is 0 Å². The van der Waals surface area contributed by atoms with E-state index in [-0.39, 0.29) is 5.82 Å². The molecule has 3 nitrogen and oxygen atoms in total. The lowest BCUT2D eigenvalue weighted by molar-refractivity contribution is 0.176. The number of aliphatic hydroxyl groups excluding tert-OH is 1. The summed E-state index contributed by atoms with van der Waals surface area (Å²) in [6.07, 6.45) is 6.53. The third-order valence-corrected chi connectivity index (χ3v) is 4.49. The average Bonchev–Trinajstić information content (AvgIpc) is 3.07. The molecule has 1 fully saturated rings. The van der Waals surface area contributed by atoms with Gasteiger partial charge in [0.1, 0.15) is 5.82 Å². The standard InChI is InChI=1S/C16H18BrFN2O/c17-12-7-11(8-13(18)9-12)16(21)10-14-5-6-20(19-14)15-3-1-2-4-15/h5-9,15-16,21H,1-4,10H2. The van der Waals surface area contributed by atoms with E-state index in [1.54, 1.807) is 6.07 Å². The fourth-order valence-corrected chi connectivity index (χ4v) is 3.42. The normalized spacial score (nSPS) is 17.3. The fraction of sp³-hybridized carbons (Fsp3) is 0.438. The van der Waals surface area contributed by atoms with Crippen LogP contribution < -0.4 is 0 Å². The van der Waals surface area contributed by atoms with E-state index in [2.05, 4.69) is 21.0 Å². The zero-order chi connectivity index (χ0) is 14.8. The van der Waals surface area contributed by atoms with Gasteiger partial charge in [-0.1, -0.05) is 28.8 Å². The summed E-state index contributed by atoms with van der Waals surface area (Å²) in [5.41, 5.74) is 1.41. The van der Waals surface area contributed by atoms with Crippen LogP contribution in [0.4, 0.5) is 4.39 Å². The maximum atomic E-state index is 13.4. The molecular weight excluding hydrogens is 335 g/mol. The van der Waals surface area contributed by atoms with Gasteiger partial charge in [-0.15, -0.1) is 0 Å². The van der Waals surface area contributed by atoms with E-state index in [9.17, 15) is 9.50 Å². The summed E-state index contributed by atoms with van der Waals surface area (Å²) < 4.78 is 16.0. The van der Waals surface area contributed by atoms with Gasteiger partial charge in [0.05, 0.1) is 17.8 Å². The molecule has 112 valence electrons. The van der Waals surface area contributed by atoms with Crippen molar-refractivity contribution in [2.24, 2.45) is 0 Å². The molecule has 1 aromatic heterocycles. The Hall–Kier alpha value is -1.20. The van der Waals surface area contributed by atoms with Crippen LogP contribution in [0.25, 0.3) is 0 Å². The maximum Gasteiger partial charge on any atom is 0.124 e. The van der Waals surface area contributed by atoms with Crippen molar-refractivity contribution in [3.8, 4) is 0 Å². The highest BCUT2D eigenvalue weighted by Gasteiger charge is 2.18. The SMILES string of the molecule is OC(Cc1ccn(C2CCCC2)n1)c1cc(F)cc(Br)c1. The third kappa shape index (κ3) is 3.52. The smallest absolute Gasteiger partial charge is 0.124 e. The Morgan fingerprint density at radius 2 is 2.10 bits per heavy atom. The molecule has 0 aliphatic heterocycles. The highest BCUT2D eigenvalue weighted by molar-refractivity contribution is 9.10. The molecule has 1 aliphatic carbocycles. The first kappa shape index (κ1) is 14.7. The monoisotopic (exact) mass is 352 g/mol. The van der Waals surface area contributed by atoms with E-state index in [1.165, 1.54) is 37.8 Å². The lowest BCUT2D eigenvalue weighted by Crippen LogP contribution is -2.07. The highest BCUT2D eigenvalue weighted by atomic mass is 79.9. The molecule has 1 saturated carbocycles. The molecule has 0 amide bonds. The summed E-state index contributed by atoms with van der Waals surface area (Å²) in [5, 5.41) is 14.8. The summed E-state index contributed by atoms with van der Waals surface area (Å²) in [6.45, 7) is 0. The molecule has 0 bridgehead atoms. The van der Waals surface area contributed by atoms with E-state index >= 15 is 0 Å². The van der Waals surface area contributed by atoms with Crippen LogP contribution in [-0.4, -0.2) is 14.9 Å². The molecular formula is C16H18BrFN2O. The second-order valence-electron chi connectivity index (χ2n) is 5.65. The van der Waals surface area contributed by atoms with Crippen molar-refractivity contribution in [2.75, 3.05) is 0 Å². The summed E-state index contributed by atoms with van der Waals surface area (Å²) in [5.74, 6) is -0.352. The number of hydrogen-bond donors (Lipinski definition) is 1. The van der Waals surface area contributed by atoms with Gasteiger partial charge in [-0.3, -0.25) is 4.68 Å². The Kier molecular flexibility index (Phi) is 4.40. The van der Waals surface area contributed by atoms with Crippen molar-refractivity contribution in [2.45, 2.75) is 44.2 Å². The molecule has 1 heterocycles. The second kappa shape index (κ2) is 6.28. The van der Waals surface area contributed by atoms with Gasteiger partial charge in [0.15, 0.2) is 0 Å². The largest absolute Gasteiger partial charge is 0.388 e. The van der Waals surface area contributed by atoms with Crippen molar-refractivity contribution in [1.82, 2.24) is 9.78 Å². The maximum absolute atomic E-state index is 13.4. The first-order valence-electron chi connectivity index (χ1n) is 7.30. The quantitative estimate of drug-likeness (QED) is 0.896. The number of nitrogens with zero attached hydrogens (tertiary/aromatic N) is 2. The van der Waals surface area contributed by atoms with Gasteiger partial charge in [-0.2, -0.15) is 5.10 Å². The zero-order valence-corrected chi connectivity index (χ0v) is 13.3. The summed E-state index contributed by atoms with van der Waals surface area (Å²) in [4.78, 5) is 0. The number of aromatic nitrogens is 2. The number of rotatable bonds is 4. The van der Waals surface area contributed by atoms with E-state index < -0.39 is 6.10 Å². The molecule has 5 heteroatoms. The van der Waals surface area contributed by atoms with Crippen LogP contribution in [0.2, 0.25) is 0 Å². The van der Waals surface area contributed by atoms with Gasteiger partial charge in [0.2, 0.25) is 0 Å². The summed E-state index contributed by atoms with van der Waals surface area (Å²) >= 11 is 3.24. The van der Waals surface area contributed by atoms with E-state index in [4.69, 9.17) is 0 Å². The number of aliphatic hydroxyl groups is 1. The Labute approximate surface area is 131 Å². The molecule has 1 N–H and O–H groups in total. The van der Waals surface area contributed by atoms with Gasteiger partial charge in [-0.25, -0.2) is 4.39 Å². The van der Waals surface area contributed by atoms with Crippen molar-refractivity contribution in [3.63, 3.8) is 0 Å². The van der Waals surface area contributed by atoms with Gasteiger partial charge < -0.3 is 5.11 Å². The zero-order valence-electron chi connectivity index (χ0n) is 11.7. The molecule has 1 atom stereocenters. The molecule has 1 aliphatic rings. The Bertz CT molecular complexity index is 602. The van der Waals surface area contributed by atoms with Crippen LogP contribution in [0.3, 0.4) is 0 Å². The van der Waals surface area contributed by atoms with Crippen molar-refractivity contribution >= 4 is 15.9 Å². The molecule has 0 radical (unpaired) electrons. The van der Waals surface area contributed by atoms with Crippen molar-refractivity contribution in [3.05, 3.63) is 52.0 Å². The number of hydrogen-bond acceptors (Lipinski definition) is 2. The first-order chi connectivity index (χ1) is 10.1. The molecule has 3 rings (SSSR count). The minimum absolute atomic E-state index is 0.352. The Balaban J connectivity index is 1.70. The highest BCUT2D eigenvalue weighted by Crippen LogP contribution is 2.29. The topological polar surface area (TPSA) is 38.0 Å². The van der Waals surface area contributed by atoms with Crippen LogP contribution in [0.1, 0.15) is 49.1 Å². The minimum Gasteiger partial charge on any atom is -0.388 e. The first-order valence-corrected chi connectivity index (χ1v) is 8.09. The van der Waals surface area contributed by atoms with E-state index in [0.717, 1.165) is 5.69 Å². The average molecular weight is 353 g/mol. The Morgan fingerprint density at radius 1 is 1.33 bits per heavy atom. The van der Waals surface area contributed by atoms with Crippen LogP contribution in [0, 0.1) is 5.82 Å². The van der Waals surface area contributed by atoms with Crippen LogP contribution in [-0.2, 0) is 6.42 Å².